The Hall–Kier alpha value is -7.58. The number of aliphatic hydroxyl groups is 2. The van der Waals surface area contributed by atoms with Crippen LogP contribution in [0.5, 0.6) is 23.0 Å². The average Bonchev–Trinajstić information content (AvgIpc) is 3.25. The van der Waals surface area contributed by atoms with E-state index >= 15 is 0 Å². The first-order valence-electron chi connectivity index (χ1n) is 18.6. The second kappa shape index (κ2) is 20.7. The molecule has 0 aliphatic rings. The van der Waals surface area contributed by atoms with E-state index in [1.54, 1.807) is 0 Å². The van der Waals surface area contributed by atoms with Gasteiger partial charge in [-0.15, -0.1) is 0 Å². The van der Waals surface area contributed by atoms with Crippen molar-refractivity contribution in [1.29, 1.82) is 0 Å². The molecule has 0 bridgehead atoms. The highest BCUT2D eigenvalue weighted by Gasteiger charge is 2.45. The molecule has 340 valence electrons. The molecule has 0 amide bonds. The Morgan fingerprint density at radius 2 is 0.831 bits per heavy atom. The quantitative estimate of drug-likeness (QED) is 0.0204. The molecule has 0 saturated carbocycles. The number of rotatable bonds is 19. The van der Waals surface area contributed by atoms with Crippen molar-refractivity contribution in [2.24, 2.45) is 0 Å². The van der Waals surface area contributed by atoms with Crippen molar-refractivity contribution in [2.45, 2.75) is 43.2 Å². The number of esters is 2. The van der Waals surface area contributed by atoms with Gasteiger partial charge in [0.05, 0.1) is 17.0 Å². The minimum Gasteiger partial charge on any atom is -0.428 e. The predicted octanol–water partition coefficient (Wildman–Crippen LogP) is 8.13. The van der Waals surface area contributed by atoms with E-state index in [4.69, 9.17) is 20.9 Å². The lowest BCUT2D eigenvalue weighted by Gasteiger charge is -2.26. The van der Waals surface area contributed by atoms with Crippen LogP contribution < -0.4 is 30.4 Å². The minimum atomic E-state index is -4.74. The second-order valence-electron chi connectivity index (χ2n) is 13.7. The molecule has 0 aromatic heterocycles. The smallest absolute Gasteiger partial charge is 0.428 e. The molecule has 6 N–H and O–H groups in total. The van der Waals surface area contributed by atoms with Crippen LogP contribution in [0.4, 0.5) is 46.5 Å². The van der Waals surface area contributed by atoms with Crippen LogP contribution >= 0.6 is 0 Å². The molecule has 2 atom stereocenters. The van der Waals surface area contributed by atoms with Gasteiger partial charge in [-0.2, -0.15) is 35.1 Å². The van der Waals surface area contributed by atoms with Gasteiger partial charge in [0.15, 0.2) is 11.6 Å². The Morgan fingerprint density at radius 1 is 0.508 bits per heavy atom. The summed E-state index contributed by atoms with van der Waals surface area (Å²) in [6.07, 6.45) is -17.2. The Bertz CT molecular complexity index is 2370. The van der Waals surface area contributed by atoms with Crippen molar-refractivity contribution >= 4 is 47.0 Å². The van der Waals surface area contributed by atoms with Crippen LogP contribution in [-0.2, 0) is 9.59 Å². The van der Waals surface area contributed by atoms with E-state index in [1.165, 1.54) is 78.9 Å². The predicted molar refractivity (Wildman–Crippen MR) is 217 cm³/mol. The maximum atomic E-state index is 13.3. The zero-order valence-electron chi connectivity index (χ0n) is 33.0. The molecule has 0 fully saturated rings. The fraction of sp³-hybridized carbons (Fsp3) is 0.156. The molecule has 0 aliphatic carbocycles. The third-order valence-electron chi connectivity index (χ3n) is 8.91. The SMILES string of the molecule is Nc1cc(N)cc(C(C(O)C(=O)/C=C/c2ccc(OC(=O)c3ccc(OC(F)(F)C(F)F)cc3)cc2)C(O)C(=O)/C=C/c2ccc(OC(=O)c3ccc(OC(F)(F)C(F)F)cc3)cc2)c1. The number of nitrogen functional groups attached to an aromatic ring is 2. The van der Waals surface area contributed by atoms with E-state index in [2.05, 4.69) is 9.47 Å². The zero-order valence-corrected chi connectivity index (χ0v) is 33.0. The summed E-state index contributed by atoms with van der Waals surface area (Å²) in [6.45, 7) is 0. The van der Waals surface area contributed by atoms with Crippen LogP contribution in [0.1, 0.15) is 43.3 Å². The molecule has 0 spiro atoms. The number of carbonyl (C=O) groups is 4. The third-order valence-corrected chi connectivity index (χ3v) is 8.91. The molecule has 65 heavy (non-hydrogen) atoms. The van der Waals surface area contributed by atoms with Gasteiger partial charge in [0.2, 0.25) is 0 Å². The van der Waals surface area contributed by atoms with E-state index < -0.39 is 78.2 Å². The van der Waals surface area contributed by atoms with Crippen molar-refractivity contribution in [3.05, 3.63) is 155 Å². The first-order valence-corrected chi connectivity index (χ1v) is 18.6. The number of carbonyl (C=O) groups excluding carboxylic acids is 4. The fourth-order valence-electron chi connectivity index (χ4n) is 5.69. The Balaban J connectivity index is 1.21. The number of halogens is 8. The summed E-state index contributed by atoms with van der Waals surface area (Å²) < 4.78 is 121. The number of nitrogens with two attached hydrogens (primary N) is 2. The summed E-state index contributed by atoms with van der Waals surface area (Å²) in [5.41, 5.74) is 12.6. The third kappa shape index (κ3) is 13.2. The van der Waals surface area contributed by atoms with Crippen LogP contribution in [0.2, 0.25) is 0 Å². The highest BCUT2D eigenvalue weighted by Crippen LogP contribution is 2.32. The lowest BCUT2D eigenvalue weighted by atomic mass is 9.83. The number of alkyl halides is 8. The second-order valence-corrected chi connectivity index (χ2v) is 13.7. The number of ether oxygens (including phenoxy) is 4. The van der Waals surface area contributed by atoms with Crippen LogP contribution in [0.25, 0.3) is 12.2 Å². The summed E-state index contributed by atoms with van der Waals surface area (Å²) in [7, 11) is 0. The van der Waals surface area contributed by atoms with Crippen LogP contribution in [0, 0.1) is 0 Å². The summed E-state index contributed by atoms with van der Waals surface area (Å²) in [4.78, 5) is 51.7. The van der Waals surface area contributed by atoms with Crippen molar-refractivity contribution in [2.75, 3.05) is 11.5 Å². The summed E-state index contributed by atoms with van der Waals surface area (Å²) in [5.74, 6) is -6.58. The van der Waals surface area contributed by atoms with E-state index in [0.29, 0.717) is 11.1 Å². The highest BCUT2D eigenvalue weighted by atomic mass is 19.3. The first kappa shape index (κ1) is 48.5. The molecule has 20 heteroatoms. The molecule has 0 radical (unpaired) electrons. The molecular formula is C45H34F8N2O10. The molecule has 0 saturated heterocycles. The van der Waals surface area contributed by atoms with Crippen molar-refractivity contribution < 1.29 is 83.5 Å². The highest BCUT2D eigenvalue weighted by molar-refractivity contribution is 6.01. The van der Waals surface area contributed by atoms with Gasteiger partial charge in [0.1, 0.15) is 35.2 Å². The van der Waals surface area contributed by atoms with E-state index in [-0.39, 0.29) is 39.6 Å². The standard InChI is InChI=1S/C45H34F8N2O10/c46-42(47)44(50,51)64-33-15-7-26(8-16-33)40(60)62-31-11-1-24(2-12-31)5-19-35(56)38(58)37(28-21-29(54)23-30(55)22-28)39(59)36(57)20-6-25-3-13-32(14-4-25)63-41(61)27-9-17-34(18-10-27)65-45(52,53)43(48)49/h1-23,37-39,42-43,58-59H,54-55H2/b19-5+,20-6+. The van der Waals surface area contributed by atoms with Gasteiger partial charge >= 0.3 is 37.0 Å². The number of hydrogen-bond acceptors (Lipinski definition) is 12. The topological polar surface area (TPSA) is 198 Å². The normalized spacial score (nSPS) is 13.4. The van der Waals surface area contributed by atoms with Crippen LogP contribution in [0.3, 0.4) is 0 Å². The molecule has 5 rings (SSSR count). The lowest BCUT2D eigenvalue weighted by Crippen LogP contribution is -2.38. The van der Waals surface area contributed by atoms with Gasteiger partial charge in [-0.1, -0.05) is 36.4 Å². The van der Waals surface area contributed by atoms with Gasteiger partial charge in [0.25, 0.3) is 0 Å². The van der Waals surface area contributed by atoms with Gasteiger partial charge in [0, 0.05) is 11.4 Å². The van der Waals surface area contributed by atoms with Gasteiger partial charge in [-0.3, -0.25) is 9.59 Å². The molecule has 5 aromatic carbocycles. The van der Waals surface area contributed by atoms with E-state index in [0.717, 1.165) is 60.7 Å². The Morgan fingerprint density at radius 3 is 1.15 bits per heavy atom. The summed E-state index contributed by atoms with van der Waals surface area (Å²) in [6, 6.07) is 22.6. The maximum Gasteiger partial charge on any atom is 0.461 e. The van der Waals surface area contributed by atoms with Gasteiger partial charge in [-0.05, 0) is 120 Å². The summed E-state index contributed by atoms with van der Waals surface area (Å²) in [5, 5.41) is 22.5. The molecule has 5 aromatic rings. The van der Waals surface area contributed by atoms with Gasteiger partial charge in [-0.25, -0.2) is 9.59 Å². The molecule has 0 heterocycles. The Labute approximate surface area is 362 Å². The summed E-state index contributed by atoms with van der Waals surface area (Å²) >= 11 is 0. The monoisotopic (exact) mass is 914 g/mol. The van der Waals surface area contributed by atoms with Crippen molar-refractivity contribution in [3.63, 3.8) is 0 Å². The van der Waals surface area contributed by atoms with Crippen LogP contribution in [-0.4, -0.2) is 71.0 Å². The van der Waals surface area contributed by atoms with Crippen molar-refractivity contribution in [3.8, 4) is 23.0 Å². The molecule has 0 aliphatic heterocycles. The van der Waals surface area contributed by atoms with E-state index in [9.17, 15) is 64.5 Å². The largest absolute Gasteiger partial charge is 0.461 e. The lowest BCUT2D eigenvalue weighted by molar-refractivity contribution is -0.253. The van der Waals surface area contributed by atoms with Crippen LogP contribution in [0.15, 0.2) is 127 Å². The van der Waals surface area contributed by atoms with Gasteiger partial charge < -0.3 is 40.6 Å². The average molecular weight is 915 g/mol. The number of hydrogen-bond donors (Lipinski definition) is 4. The first-order chi connectivity index (χ1) is 30.6. The van der Waals surface area contributed by atoms with Crippen molar-refractivity contribution in [1.82, 2.24) is 0 Å². The molecule has 2 unspecified atom stereocenters. The number of ketones is 2. The number of anilines is 2. The number of aliphatic hydroxyl groups excluding tert-OH is 2. The Kier molecular flexibility index (Phi) is 15.5. The fourth-order valence-corrected chi connectivity index (χ4v) is 5.69. The maximum absolute atomic E-state index is 13.3. The zero-order chi connectivity index (χ0) is 47.6. The number of benzene rings is 5. The minimum absolute atomic E-state index is 0.0130. The van der Waals surface area contributed by atoms with E-state index in [1.807, 2.05) is 0 Å². The molecular weight excluding hydrogens is 880 g/mol. The molecule has 12 nitrogen and oxygen atoms in total.